The molecule has 0 saturated heterocycles. The Morgan fingerprint density at radius 1 is 1.25 bits per heavy atom. The summed E-state index contributed by atoms with van der Waals surface area (Å²) in [6.45, 7) is 0.153. The van der Waals surface area contributed by atoms with Gasteiger partial charge in [-0.1, -0.05) is 12.1 Å². The highest BCUT2D eigenvalue weighted by atomic mass is 127. The number of benzene rings is 1. The monoisotopic (exact) mass is 555 g/mol. The Morgan fingerprint density at radius 2 is 2.00 bits per heavy atom. The summed E-state index contributed by atoms with van der Waals surface area (Å²) in [7, 11) is 0. The summed E-state index contributed by atoms with van der Waals surface area (Å²) in [5.74, 6) is -4.30. The van der Waals surface area contributed by atoms with Gasteiger partial charge >= 0.3 is 0 Å². The summed E-state index contributed by atoms with van der Waals surface area (Å²) in [5, 5.41) is 30.6. The van der Waals surface area contributed by atoms with Gasteiger partial charge in [-0.15, -0.1) is 0 Å². The van der Waals surface area contributed by atoms with Gasteiger partial charge in [-0.3, -0.25) is 17.4 Å². The highest BCUT2D eigenvalue weighted by Gasteiger charge is 2.61. The van der Waals surface area contributed by atoms with Gasteiger partial charge in [0.1, 0.15) is 45.8 Å². The second kappa shape index (κ2) is 8.49. The maximum atomic E-state index is 13.6. The van der Waals surface area contributed by atoms with Crippen molar-refractivity contribution in [3.05, 3.63) is 52.0 Å². The minimum atomic E-state index is -1.98. The van der Waals surface area contributed by atoms with E-state index in [1.807, 2.05) is 6.07 Å². The normalized spacial score (nSPS) is 27.1. The molecule has 0 aliphatic heterocycles. The minimum absolute atomic E-state index is 0.0437. The number of aliphatic hydroxyl groups excluding tert-OH is 3. The summed E-state index contributed by atoms with van der Waals surface area (Å²) in [4.78, 5) is 38.6. The summed E-state index contributed by atoms with van der Waals surface area (Å²) < 4.78 is 11.2. The number of nitrogens with two attached hydrogens (primary N) is 1. The first kappa shape index (κ1) is 22.7. The zero-order valence-corrected chi connectivity index (χ0v) is 19.1. The molecule has 3 aliphatic carbocycles. The number of ether oxygens (including phenoxy) is 1. The molecule has 5 N–H and O–H groups in total. The van der Waals surface area contributed by atoms with Crippen LogP contribution in [0, 0.1) is 11.8 Å². The molecular weight excluding hydrogens is 533 g/mol. The number of amides is 1. The van der Waals surface area contributed by atoms with Crippen LogP contribution in [0.3, 0.4) is 0 Å². The number of primary amides is 1. The molecule has 170 valence electrons. The standard InChI is InChI=1S/C22H22INO8/c23-32-22-12(9-13(26)17(20(22)29)21(24)30)8-11-7-10-3-1-4-14(31-6-2-5-25)15(10)18(27)16(11)19(22)28/h1,3-4,11-12,25-26,28H,2,5-9H2,(H2,24,30)/t11-,12-,22-/m0/s1. The summed E-state index contributed by atoms with van der Waals surface area (Å²) in [5.41, 5.74) is 3.77. The number of hydrogen-bond donors (Lipinski definition) is 4. The van der Waals surface area contributed by atoms with E-state index in [1.54, 1.807) is 12.1 Å². The predicted molar refractivity (Wildman–Crippen MR) is 119 cm³/mol. The number of allylic oxidation sites excluding steroid dienone is 2. The molecule has 4 rings (SSSR count). The van der Waals surface area contributed by atoms with E-state index in [0.717, 1.165) is 5.56 Å². The van der Waals surface area contributed by atoms with Crippen LogP contribution < -0.4 is 10.5 Å². The van der Waals surface area contributed by atoms with E-state index in [4.69, 9.17) is 18.6 Å². The first-order valence-electron chi connectivity index (χ1n) is 10.2. The number of Topliss-reactive ketones (excluding diaryl/α,β-unsaturated/α-hetero) is 2. The molecule has 0 unspecified atom stereocenters. The molecule has 10 heteroatoms. The third kappa shape index (κ3) is 3.23. The maximum Gasteiger partial charge on any atom is 0.255 e. The maximum absolute atomic E-state index is 13.6. The van der Waals surface area contributed by atoms with Crippen molar-refractivity contribution in [2.75, 3.05) is 13.2 Å². The Bertz CT molecular complexity index is 1080. The molecule has 0 spiro atoms. The lowest BCUT2D eigenvalue weighted by molar-refractivity contribution is -0.137. The molecule has 0 radical (unpaired) electrons. The van der Waals surface area contributed by atoms with Crippen molar-refractivity contribution in [2.24, 2.45) is 17.6 Å². The molecule has 0 saturated carbocycles. The topological polar surface area (TPSA) is 156 Å². The molecule has 1 amide bonds. The second-order valence-corrected chi connectivity index (χ2v) is 8.61. The summed E-state index contributed by atoms with van der Waals surface area (Å²) >= 11 is 1.47. The first-order valence-corrected chi connectivity index (χ1v) is 11.1. The van der Waals surface area contributed by atoms with Gasteiger partial charge < -0.3 is 25.8 Å². The lowest BCUT2D eigenvalue weighted by Gasteiger charge is -2.46. The van der Waals surface area contributed by atoms with Crippen molar-refractivity contribution >= 4 is 40.5 Å². The summed E-state index contributed by atoms with van der Waals surface area (Å²) in [6, 6.07) is 5.22. The van der Waals surface area contributed by atoms with Crippen LogP contribution in [0.2, 0.25) is 0 Å². The average Bonchev–Trinajstić information content (AvgIpc) is 2.73. The fraction of sp³-hybridized carbons (Fsp3) is 0.409. The highest BCUT2D eigenvalue weighted by molar-refractivity contribution is 14.1. The SMILES string of the molecule is NC(=O)C1=C(O)C[C@@H]2C[C@@H]3Cc4cccc(OCCCO)c4C(=O)C3=C(O)[C@]2(OI)C1=O. The molecule has 1 aromatic rings. The molecule has 3 atom stereocenters. The van der Waals surface area contributed by atoms with E-state index < -0.39 is 52.0 Å². The number of carbonyl (C=O) groups excluding carboxylic acids is 3. The quantitative estimate of drug-likeness (QED) is 0.236. The van der Waals surface area contributed by atoms with Crippen LogP contribution in [0.15, 0.2) is 40.9 Å². The number of fused-ring (bicyclic) bond motifs is 3. The van der Waals surface area contributed by atoms with Crippen LogP contribution in [0.5, 0.6) is 5.75 Å². The van der Waals surface area contributed by atoms with Gasteiger partial charge in [-0.2, -0.15) is 0 Å². The highest BCUT2D eigenvalue weighted by Crippen LogP contribution is 2.53. The Kier molecular flexibility index (Phi) is 6.03. The lowest BCUT2D eigenvalue weighted by atomic mass is 9.60. The van der Waals surface area contributed by atoms with Crippen LogP contribution in [-0.2, 0) is 19.1 Å². The Morgan fingerprint density at radius 3 is 2.66 bits per heavy atom. The van der Waals surface area contributed by atoms with E-state index >= 15 is 0 Å². The van der Waals surface area contributed by atoms with Crippen molar-refractivity contribution in [3.63, 3.8) is 0 Å². The molecule has 9 nitrogen and oxygen atoms in total. The zero-order chi connectivity index (χ0) is 23.2. The fourth-order valence-electron chi connectivity index (χ4n) is 5.02. The van der Waals surface area contributed by atoms with Gasteiger partial charge in [0.25, 0.3) is 5.91 Å². The van der Waals surface area contributed by atoms with Gasteiger partial charge in [0, 0.05) is 30.9 Å². The van der Waals surface area contributed by atoms with Crippen LogP contribution in [0.1, 0.15) is 35.2 Å². The van der Waals surface area contributed by atoms with Crippen molar-refractivity contribution in [1.29, 1.82) is 0 Å². The third-order valence-corrected chi connectivity index (χ3v) is 7.13. The molecule has 3 aliphatic rings. The number of hydrogen-bond acceptors (Lipinski definition) is 8. The van der Waals surface area contributed by atoms with Gasteiger partial charge in [0.05, 0.1) is 12.2 Å². The predicted octanol–water partition coefficient (Wildman–Crippen LogP) is 2.01. The number of rotatable bonds is 6. The Labute approximate surface area is 197 Å². The van der Waals surface area contributed by atoms with E-state index in [2.05, 4.69) is 0 Å². The number of carbonyl (C=O) groups is 3. The fourth-order valence-corrected chi connectivity index (χ4v) is 5.79. The molecule has 0 aromatic heterocycles. The number of halogens is 1. The van der Waals surface area contributed by atoms with Crippen LogP contribution in [0.4, 0.5) is 0 Å². The third-order valence-electron chi connectivity index (χ3n) is 6.43. The Balaban J connectivity index is 1.84. The van der Waals surface area contributed by atoms with Crippen molar-refractivity contribution < 1.29 is 37.5 Å². The Hall–Kier alpha value is -2.44. The van der Waals surface area contributed by atoms with E-state index in [0.29, 0.717) is 24.2 Å². The largest absolute Gasteiger partial charge is 0.511 e. The smallest absolute Gasteiger partial charge is 0.255 e. The first-order chi connectivity index (χ1) is 15.3. The van der Waals surface area contributed by atoms with Gasteiger partial charge in [-0.25, -0.2) is 0 Å². The molecule has 32 heavy (non-hydrogen) atoms. The molecule has 0 heterocycles. The van der Waals surface area contributed by atoms with Crippen LogP contribution in [0.25, 0.3) is 0 Å². The molecule has 0 fully saturated rings. The van der Waals surface area contributed by atoms with Crippen molar-refractivity contribution in [3.8, 4) is 5.75 Å². The average molecular weight is 555 g/mol. The minimum Gasteiger partial charge on any atom is -0.511 e. The van der Waals surface area contributed by atoms with Gasteiger partial charge in [0.2, 0.25) is 11.4 Å². The van der Waals surface area contributed by atoms with E-state index in [-0.39, 0.29) is 31.6 Å². The van der Waals surface area contributed by atoms with E-state index in [9.17, 15) is 24.6 Å². The summed E-state index contributed by atoms with van der Waals surface area (Å²) in [6.07, 6.45) is 1.01. The van der Waals surface area contributed by atoms with Gasteiger partial charge in [0.15, 0.2) is 5.78 Å². The second-order valence-electron chi connectivity index (χ2n) is 8.17. The lowest BCUT2D eigenvalue weighted by Crippen LogP contribution is -2.57. The molecule has 0 bridgehead atoms. The number of ketones is 2. The van der Waals surface area contributed by atoms with Crippen molar-refractivity contribution in [1.82, 2.24) is 0 Å². The molecular formula is C22H22INO8. The van der Waals surface area contributed by atoms with Gasteiger partial charge in [-0.05, 0) is 30.4 Å². The zero-order valence-electron chi connectivity index (χ0n) is 17.0. The van der Waals surface area contributed by atoms with Crippen LogP contribution >= 0.6 is 23.0 Å². The number of aliphatic hydroxyl groups is 3. The molecule has 1 aromatic carbocycles. The van der Waals surface area contributed by atoms with E-state index in [1.165, 1.54) is 23.0 Å². The van der Waals surface area contributed by atoms with Crippen LogP contribution in [-0.4, -0.2) is 51.6 Å². The van der Waals surface area contributed by atoms with Crippen molar-refractivity contribution in [2.45, 2.75) is 31.3 Å².